The van der Waals surface area contributed by atoms with Gasteiger partial charge in [-0.2, -0.15) is 0 Å². The van der Waals surface area contributed by atoms with Gasteiger partial charge in [-0.25, -0.2) is 4.79 Å². The average Bonchev–Trinajstić information content (AvgIpc) is 2.61. The number of carbonyl (C=O) groups excluding carboxylic acids is 1. The average molecular weight is 329 g/mol. The molecule has 0 spiro atoms. The number of hydrogen-bond donors (Lipinski definition) is 1. The van der Waals surface area contributed by atoms with Crippen molar-refractivity contribution < 1.29 is 14.6 Å². The first-order valence-electron chi connectivity index (χ1n) is 8.60. The molecule has 0 bridgehead atoms. The molecule has 1 aromatic rings. The number of nitrogens with zero attached hydrogens (tertiary/aromatic N) is 1. The number of aliphatic hydroxyl groups is 1. The van der Waals surface area contributed by atoms with E-state index in [0.717, 1.165) is 32.1 Å². The minimum absolute atomic E-state index is 0.00847. The molecule has 1 fully saturated rings. The molecule has 1 aliphatic carbocycles. The molecule has 4 nitrogen and oxygen atoms in total. The summed E-state index contributed by atoms with van der Waals surface area (Å²) in [6.07, 6.45) is 4.91. The van der Waals surface area contributed by atoms with Gasteiger partial charge in [-0.05, 0) is 32.5 Å². The van der Waals surface area contributed by atoms with E-state index in [1.54, 1.807) is 12.1 Å². The summed E-state index contributed by atoms with van der Waals surface area (Å²) in [4.78, 5) is 14.7. The Morgan fingerprint density at radius 2 is 1.88 bits per heavy atom. The third-order valence-electron chi connectivity index (χ3n) is 4.52. The molecule has 1 N–H and O–H groups in total. The maximum absolute atomic E-state index is 12.7. The second-order valence-corrected chi connectivity index (χ2v) is 6.63. The van der Waals surface area contributed by atoms with E-state index in [0.29, 0.717) is 12.1 Å². The molecule has 0 radical (unpaired) electrons. The van der Waals surface area contributed by atoms with Crippen molar-refractivity contribution in [2.75, 3.05) is 27.2 Å². The normalized spacial score (nSPS) is 17.7. The summed E-state index contributed by atoms with van der Waals surface area (Å²) in [6, 6.07) is 9.16. The van der Waals surface area contributed by atoms with Crippen molar-refractivity contribution in [3.8, 4) is 11.8 Å². The van der Waals surface area contributed by atoms with Crippen LogP contribution in [0.4, 0.5) is 0 Å². The van der Waals surface area contributed by atoms with Crippen LogP contribution in [-0.4, -0.2) is 43.2 Å². The highest BCUT2D eigenvalue weighted by molar-refractivity contribution is 5.81. The van der Waals surface area contributed by atoms with Crippen LogP contribution in [0.25, 0.3) is 0 Å². The van der Waals surface area contributed by atoms with Gasteiger partial charge in [-0.15, -0.1) is 0 Å². The maximum Gasteiger partial charge on any atom is 0.344 e. The Morgan fingerprint density at radius 1 is 1.21 bits per heavy atom. The van der Waals surface area contributed by atoms with Crippen LogP contribution < -0.4 is 0 Å². The second-order valence-electron chi connectivity index (χ2n) is 6.63. The predicted octanol–water partition coefficient (Wildman–Crippen LogP) is 2.56. The third-order valence-corrected chi connectivity index (χ3v) is 4.52. The third kappa shape index (κ3) is 4.59. The molecule has 1 aliphatic rings. The van der Waals surface area contributed by atoms with Gasteiger partial charge in [0.1, 0.15) is 0 Å². The Kier molecular flexibility index (Phi) is 6.84. The number of ether oxygens (including phenoxy) is 1. The minimum Gasteiger partial charge on any atom is -0.450 e. The van der Waals surface area contributed by atoms with Gasteiger partial charge in [0.15, 0.2) is 12.2 Å². The van der Waals surface area contributed by atoms with Crippen molar-refractivity contribution in [1.29, 1.82) is 0 Å². The van der Waals surface area contributed by atoms with Gasteiger partial charge in [-0.1, -0.05) is 61.4 Å². The van der Waals surface area contributed by atoms with Crippen molar-refractivity contribution in [3.63, 3.8) is 0 Å². The van der Waals surface area contributed by atoms with Crippen LogP contribution in [-0.2, 0) is 15.1 Å². The molecule has 1 unspecified atom stereocenters. The van der Waals surface area contributed by atoms with E-state index < -0.39 is 11.6 Å². The van der Waals surface area contributed by atoms with Crippen LogP contribution in [0.2, 0.25) is 0 Å². The monoisotopic (exact) mass is 329 g/mol. The lowest BCUT2D eigenvalue weighted by molar-refractivity contribution is -0.174. The highest BCUT2D eigenvalue weighted by Crippen LogP contribution is 2.40. The van der Waals surface area contributed by atoms with Gasteiger partial charge < -0.3 is 9.84 Å². The summed E-state index contributed by atoms with van der Waals surface area (Å²) in [5.74, 6) is 5.07. The summed E-state index contributed by atoms with van der Waals surface area (Å²) in [7, 11) is 3.86. The summed E-state index contributed by atoms with van der Waals surface area (Å²) in [5.41, 5.74) is -0.964. The van der Waals surface area contributed by atoms with Gasteiger partial charge >= 0.3 is 5.97 Å². The van der Waals surface area contributed by atoms with E-state index in [1.165, 1.54) is 0 Å². The first kappa shape index (κ1) is 18.5. The summed E-state index contributed by atoms with van der Waals surface area (Å²) in [5, 5.41) is 11.3. The van der Waals surface area contributed by atoms with Crippen molar-refractivity contribution in [2.24, 2.45) is 5.92 Å². The van der Waals surface area contributed by atoms with E-state index in [9.17, 15) is 9.90 Å². The molecule has 1 atom stereocenters. The number of esters is 1. The summed E-state index contributed by atoms with van der Waals surface area (Å²) < 4.78 is 5.32. The summed E-state index contributed by atoms with van der Waals surface area (Å²) >= 11 is 0. The minimum atomic E-state index is -1.58. The van der Waals surface area contributed by atoms with E-state index in [2.05, 4.69) is 11.8 Å². The van der Waals surface area contributed by atoms with Crippen molar-refractivity contribution in [2.45, 2.75) is 37.7 Å². The molecular weight excluding hydrogens is 302 g/mol. The number of hydrogen-bond acceptors (Lipinski definition) is 4. The van der Waals surface area contributed by atoms with E-state index >= 15 is 0 Å². The summed E-state index contributed by atoms with van der Waals surface area (Å²) in [6.45, 7) is 0.623. The molecular formula is C20H27NO3. The lowest BCUT2D eigenvalue weighted by Crippen LogP contribution is -2.45. The zero-order valence-electron chi connectivity index (χ0n) is 14.6. The molecule has 0 heterocycles. The Morgan fingerprint density at radius 3 is 2.50 bits per heavy atom. The van der Waals surface area contributed by atoms with Crippen LogP contribution in [0.5, 0.6) is 0 Å². The highest BCUT2D eigenvalue weighted by atomic mass is 16.5. The molecule has 0 aliphatic heterocycles. The zero-order valence-corrected chi connectivity index (χ0v) is 14.6. The fraction of sp³-hybridized carbons (Fsp3) is 0.550. The Balaban J connectivity index is 2.13. The molecule has 1 aromatic carbocycles. The first-order valence-corrected chi connectivity index (χ1v) is 8.60. The standard InChI is InChI=1S/C20H27NO3/c1-21(2)15-9-10-16-24-19(22)20(23,17-11-5-3-6-12-17)18-13-7-4-8-14-18/h3,5-6,11-12,18,23H,4,7-8,13-16H2,1-2H3. The van der Waals surface area contributed by atoms with Gasteiger partial charge in [0.05, 0.1) is 6.54 Å². The lowest BCUT2D eigenvalue weighted by atomic mass is 9.73. The van der Waals surface area contributed by atoms with Gasteiger partial charge in [0.25, 0.3) is 0 Å². The number of carbonyl (C=O) groups is 1. The van der Waals surface area contributed by atoms with E-state index in [-0.39, 0.29) is 12.5 Å². The maximum atomic E-state index is 12.7. The van der Waals surface area contributed by atoms with Crippen molar-refractivity contribution in [1.82, 2.24) is 4.90 Å². The number of benzene rings is 1. The van der Waals surface area contributed by atoms with Gasteiger partial charge in [0.2, 0.25) is 0 Å². The van der Waals surface area contributed by atoms with Gasteiger partial charge in [-0.3, -0.25) is 4.90 Å². The molecule has 4 heteroatoms. The Hall–Kier alpha value is -1.83. The van der Waals surface area contributed by atoms with Crippen LogP contribution in [0.15, 0.2) is 30.3 Å². The highest BCUT2D eigenvalue weighted by Gasteiger charge is 2.46. The van der Waals surface area contributed by atoms with Crippen LogP contribution >= 0.6 is 0 Å². The fourth-order valence-electron chi connectivity index (χ4n) is 3.21. The zero-order chi connectivity index (χ0) is 17.4. The Bertz CT molecular complexity index is 582. The fourth-order valence-corrected chi connectivity index (χ4v) is 3.21. The topological polar surface area (TPSA) is 49.8 Å². The van der Waals surface area contributed by atoms with E-state index in [4.69, 9.17) is 4.74 Å². The molecule has 1 saturated carbocycles. The Labute approximate surface area is 144 Å². The molecule has 0 amide bonds. The predicted molar refractivity (Wildman–Crippen MR) is 94.2 cm³/mol. The lowest BCUT2D eigenvalue weighted by Gasteiger charge is -2.36. The quantitative estimate of drug-likeness (QED) is 0.666. The molecule has 2 rings (SSSR count). The molecule has 130 valence electrons. The smallest absolute Gasteiger partial charge is 0.344 e. The largest absolute Gasteiger partial charge is 0.450 e. The van der Waals surface area contributed by atoms with Crippen LogP contribution in [0.3, 0.4) is 0 Å². The molecule has 0 saturated heterocycles. The molecule has 24 heavy (non-hydrogen) atoms. The van der Waals surface area contributed by atoms with Crippen molar-refractivity contribution >= 4 is 5.97 Å². The van der Waals surface area contributed by atoms with E-state index in [1.807, 2.05) is 37.2 Å². The molecule has 0 aromatic heterocycles. The number of rotatable bonds is 5. The van der Waals surface area contributed by atoms with Crippen LogP contribution in [0.1, 0.15) is 37.7 Å². The van der Waals surface area contributed by atoms with Crippen LogP contribution in [0, 0.1) is 17.8 Å². The first-order chi connectivity index (χ1) is 11.5. The van der Waals surface area contributed by atoms with Crippen molar-refractivity contribution in [3.05, 3.63) is 35.9 Å². The second kappa shape index (κ2) is 8.86. The SMILES string of the molecule is CN(C)CC#CCOC(=O)C(O)(c1ccccc1)C1CCCCC1. The van der Waals surface area contributed by atoms with Gasteiger partial charge in [0, 0.05) is 5.92 Å².